The van der Waals surface area contributed by atoms with Crippen molar-refractivity contribution in [1.82, 2.24) is 9.97 Å². The van der Waals surface area contributed by atoms with E-state index in [1.165, 1.54) is 10.4 Å². The first-order chi connectivity index (χ1) is 9.65. The van der Waals surface area contributed by atoms with Gasteiger partial charge in [0.05, 0.1) is 11.5 Å². The molecule has 2 aromatic rings. The van der Waals surface area contributed by atoms with Gasteiger partial charge < -0.3 is 9.47 Å². The number of aryl methyl sites for hydroxylation is 2. The van der Waals surface area contributed by atoms with E-state index in [4.69, 9.17) is 21.1 Å². The number of ether oxygens (including phenoxy) is 2. The maximum atomic E-state index is 6.28. The van der Waals surface area contributed by atoms with Crippen molar-refractivity contribution >= 4 is 33.2 Å². The molecule has 0 unspecified atom stereocenters. The summed E-state index contributed by atoms with van der Waals surface area (Å²) in [5.74, 6) is 0.662. The van der Waals surface area contributed by atoms with Gasteiger partial charge in [-0.15, -0.1) is 11.3 Å². The summed E-state index contributed by atoms with van der Waals surface area (Å²) in [6.07, 6.45) is 2.12. The van der Waals surface area contributed by atoms with Gasteiger partial charge in [-0.25, -0.2) is 9.97 Å². The molecule has 108 valence electrons. The summed E-state index contributed by atoms with van der Waals surface area (Å²) in [4.78, 5) is 11.1. The Kier molecular flexibility index (Phi) is 4.21. The zero-order valence-corrected chi connectivity index (χ0v) is 13.2. The summed E-state index contributed by atoms with van der Waals surface area (Å²) in [7, 11) is 0. The number of fused-ring (bicyclic) bond motifs is 1. The highest BCUT2D eigenvalue weighted by Gasteiger charge is 2.17. The Balaban J connectivity index is 1.78. The topological polar surface area (TPSA) is 44.2 Å². The van der Waals surface area contributed by atoms with Crippen molar-refractivity contribution in [2.45, 2.75) is 39.4 Å². The summed E-state index contributed by atoms with van der Waals surface area (Å²) in [5, 5.41) is 1.51. The average molecular weight is 313 g/mol. The SMILES string of the molecule is Cc1sc2nc(COC3CCOCC3)nc(Cl)c2c1C. The average Bonchev–Trinajstić information content (AvgIpc) is 2.73. The predicted molar refractivity (Wildman–Crippen MR) is 80.5 cm³/mol. The van der Waals surface area contributed by atoms with Crippen LogP contribution in [0.25, 0.3) is 10.2 Å². The molecule has 1 aliphatic rings. The Morgan fingerprint density at radius 1 is 1.30 bits per heavy atom. The number of hydrogen-bond acceptors (Lipinski definition) is 5. The second kappa shape index (κ2) is 5.93. The molecule has 0 aliphatic carbocycles. The van der Waals surface area contributed by atoms with Gasteiger partial charge in [-0.05, 0) is 32.3 Å². The van der Waals surface area contributed by atoms with Gasteiger partial charge in [-0.2, -0.15) is 0 Å². The van der Waals surface area contributed by atoms with Crippen LogP contribution < -0.4 is 0 Å². The molecule has 20 heavy (non-hydrogen) atoms. The van der Waals surface area contributed by atoms with Gasteiger partial charge in [0.25, 0.3) is 0 Å². The van der Waals surface area contributed by atoms with Gasteiger partial charge in [-0.3, -0.25) is 0 Å². The fraction of sp³-hybridized carbons (Fsp3) is 0.571. The van der Waals surface area contributed by atoms with E-state index in [2.05, 4.69) is 23.8 Å². The Bertz CT molecular complexity index is 623. The number of hydrogen-bond donors (Lipinski definition) is 0. The van der Waals surface area contributed by atoms with Crippen LogP contribution in [0.4, 0.5) is 0 Å². The van der Waals surface area contributed by atoms with E-state index in [1.54, 1.807) is 11.3 Å². The zero-order valence-electron chi connectivity index (χ0n) is 11.6. The number of aromatic nitrogens is 2. The van der Waals surface area contributed by atoms with Crippen LogP contribution in [0.3, 0.4) is 0 Å². The van der Waals surface area contributed by atoms with Crippen LogP contribution in [-0.4, -0.2) is 29.3 Å². The van der Waals surface area contributed by atoms with E-state index >= 15 is 0 Å². The highest BCUT2D eigenvalue weighted by molar-refractivity contribution is 7.18. The summed E-state index contributed by atoms with van der Waals surface area (Å²) in [5.41, 5.74) is 1.17. The molecule has 0 atom stereocenters. The fourth-order valence-corrected chi connectivity index (χ4v) is 3.77. The molecule has 2 aromatic heterocycles. The third kappa shape index (κ3) is 2.81. The van der Waals surface area contributed by atoms with Gasteiger partial charge in [0.2, 0.25) is 0 Å². The van der Waals surface area contributed by atoms with Crippen LogP contribution >= 0.6 is 22.9 Å². The minimum atomic E-state index is 0.244. The van der Waals surface area contributed by atoms with Crippen LogP contribution in [0, 0.1) is 13.8 Å². The summed E-state index contributed by atoms with van der Waals surface area (Å²) >= 11 is 7.94. The molecular weight excluding hydrogens is 296 g/mol. The third-order valence-corrected chi connectivity index (χ3v) is 5.02. The molecular formula is C14H17ClN2O2S. The van der Waals surface area contributed by atoms with Crippen molar-refractivity contribution in [2.75, 3.05) is 13.2 Å². The molecule has 4 nitrogen and oxygen atoms in total. The Hall–Kier alpha value is -0.750. The van der Waals surface area contributed by atoms with E-state index in [1.807, 2.05) is 0 Å². The van der Waals surface area contributed by atoms with Crippen LogP contribution in [0.1, 0.15) is 29.1 Å². The highest BCUT2D eigenvalue weighted by atomic mass is 35.5. The van der Waals surface area contributed by atoms with Crippen molar-refractivity contribution in [3.63, 3.8) is 0 Å². The molecule has 1 saturated heterocycles. The lowest BCUT2D eigenvalue weighted by atomic mass is 10.1. The van der Waals surface area contributed by atoms with Crippen LogP contribution in [-0.2, 0) is 16.1 Å². The fourth-order valence-electron chi connectivity index (χ4n) is 2.34. The van der Waals surface area contributed by atoms with Crippen molar-refractivity contribution in [3.05, 3.63) is 21.4 Å². The third-order valence-electron chi connectivity index (χ3n) is 3.65. The largest absolute Gasteiger partial charge is 0.381 e. The van der Waals surface area contributed by atoms with Crippen LogP contribution in [0.2, 0.25) is 5.15 Å². The second-order valence-corrected chi connectivity index (χ2v) is 6.58. The summed E-state index contributed by atoms with van der Waals surface area (Å²) in [6.45, 7) is 6.09. The number of thiophene rings is 1. The lowest BCUT2D eigenvalue weighted by Crippen LogP contribution is -2.23. The minimum absolute atomic E-state index is 0.244. The number of rotatable bonds is 3. The van der Waals surface area contributed by atoms with E-state index in [-0.39, 0.29) is 6.10 Å². The first-order valence-electron chi connectivity index (χ1n) is 6.76. The van der Waals surface area contributed by atoms with Crippen molar-refractivity contribution < 1.29 is 9.47 Å². The van der Waals surface area contributed by atoms with Gasteiger partial charge in [0, 0.05) is 18.1 Å². The molecule has 0 amide bonds. The van der Waals surface area contributed by atoms with Gasteiger partial charge in [0.1, 0.15) is 16.6 Å². The van der Waals surface area contributed by atoms with Gasteiger partial charge >= 0.3 is 0 Å². The van der Waals surface area contributed by atoms with E-state index < -0.39 is 0 Å². The Morgan fingerprint density at radius 3 is 2.80 bits per heavy atom. The minimum Gasteiger partial charge on any atom is -0.381 e. The predicted octanol–water partition coefficient (Wildman–Crippen LogP) is 3.66. The van der Waals surface area contributed by atoms with E-state index in [0.717, 1.165) is 36.3 Å². The Labute approximate surface area is 127 Å². The quantitative estimate of drug-likeness (QED) is 0.811. The van der Waals surface area contributed by atoms with Crippen molar-refractivity contribution in [3.8, 4) is 0 Å². The van der Waals surface area contributed by atoms with E-state index in [0.29, 0.717) is 17.6 Å². The maximum Gasteiger partial charge on any atom is 0.157 e. The number of nitrogens with zero attached hydrogens (tertiary/aromatic N) is 2. The molecule has 0 N–H and O–H groups in total. The maximum absolute atomic E-state index is 6.28. The normalized spacial score (nSPS) is 16.9. The monoisotopic (exact) mass is 312 g/mol. The standard InChI is InChI=1S/C14H17ClN2O2S/c1-8-9(2)20-14-12(8)13(15)16-11(17-14)7-19-10-3-5-18-6-4-10/h10H,3-7H2,1-2H3. The molecule has 0 bridgehead atoms. The number of halogens is 1. The van der Waals surface area contributed by atoms with Gasteiger partial charge in [-0.1, -0.05) is 11.6 Å². The summed E-state index contributed by atoms with van der Waals surface area (Å²) in [6, 6.07) is 0. The first-order valence-corrected chi connectivity index (χ1v) is 7.96. The molecule has 3 heterocycles. The molecule has 0 aromatic carbocycles. The molecule has 1 fully saturated rings. The lowest BCUT2D eigenvalue weighted by Gasteiger charge is -2.21. The van der Waals surface area contributed by atoms with Crippen LogP contribution in [0.15, 0.2) is 0 Å². The van der Waals surface area contributed by atoms with Crippen LogP contribution in [0.5, 0.6) is 0 Å². The molecule has 3 rings (SSSR count). The Morgan fingerprint density at radius 2 is 2.05 bits per heavy atom. The highest BCUT2D eigenvalue weighted by Crippen LogP contribution is 2.33. The molecule has 0 spiro atoms. The zero-order chi connectivity index (χ0) is 14.1. The smallest absolute Gasteiger partial charge is 0.157 e. The first kappa shape index (κ1) is 14.2. The van der Waals surface area contributed by atoms with E-state index in [9.17, 15) is 0 Å². The summed E-state index contributed by atoms with van der Waals surface area (Å²) < 4.78 is 11.2. The molecule has 6 heteroatoms. The molecule has 1 aliphatic heterocycles. The molecule has 0 saturated carbocycles. The van der Waals surface area contributed by atoms with Crippen molar-refractivity contribution in [2.24, 2.45) is 0 Å². The van der Waals surface area contributed by atoms with Gasteiger partial charge in [0.15, 0.2) is 5.82 Å². The lowest BCUT2D eigenvalue weighted by molar-refractivity contribution is -0.0408. The molecule has 0 radical (unpaired) electrons. The second-order valence-electron chi connectivity index (χ2n) is 5.02. The van der Waals surface area contributed by atoms with Crippen molar-refractivity contribution in [1.29, 1.82) is 0 Å².